The van der Waals surface area contributed by atoms with Crippen LogP contribution in [0.15, 0.2) is 43.2 Å². The number of rotatable bonds is 8. The summed E-state index contributed by atoms with van der Waals surface area (Å²) >= 11 is 0. The highest BCUT2D eigenvalue weighted by atomic mass is 19.4. The summed E-state index contributed by atoms with van der Waals surface area (Å²) in [4.78, 5) is 18.8. The summed E-state index contributed by atoms with van der Waals surface area (Å²) in [6.07, 6.45) is -1.25. The second-order valence-electron chi connectivity index (χ2n) is 11.4. The summed E-state index contributed by atoms with van der Waals surface area (Å²) in [6, 6.07) is 6.24. The fraction of sp³-hybridized carbons (Fsp3) is 0.483. The number of pyridine rings is 1. The van der Waals surface area contributed by atoms with Crippen molar-refractivity contribution >= 4 is 27.9 Å². The Morgan fingerprint density at radius 3 is 2.60 bits per heavy atom. The van der Waals surface area contributed by atoms with E-state index in [4.69, 9.17) is 0 Å². The predicted molar refractivity (Wildman–Crippen MR) is 149 cm³/mol. The Morgan fingerprint density at radius 1 is 1.20 bits per heavy atom. The fourth-order valence-corrected chi connectivity index (χ4v) is 4.75. The van der Waals surface area contributed by atoms with Crippen molar-refractivity contribution < 1.29 is 22.4 Å². The number of carbonyl (C=O) groups excluding carboxylic acids is 1. The number of nitrogens with zero attached hydrogens (tertiary/aromatic N) is 4. The Hall–Kier alpha value is -3.47. The summed E-state index contributed by atoms with van der Waals surface area (Å²) in [5.74, 6) is -0.279. The number of benzene rings is 1. The van der Waals surface area contributed by atoms with E-state index in [2.05, 4.69) is 27.3 Å². The number of piperidine rings is 1. The fourth-order valence-electron chi connectivity index (χ4n) is 4.75. The lowest BCUT2D eigenvalue weighted by Gasteiger charge is -2.33. The molecule has 2 atom stereocenters. The van der Waals surface area contributed by atoms with E-state index in [1.165, 1.54) is 6.20 Å². The van der Waals surface area contributed by atoms with Gasteiger partial charge in [0.25, 0.3) is 5.91 Å². The molecule has 2 N–H and O–H groups in total. The molecular weight excluding hydrogens is 524 g/mol. The van der Waals surface area contributed by atoms with E-state index >= 15 is 0 Å². The standard InChI is InChI=1S/C29H36F4N6O/c1-18(29(31,32)33)26-21-9-6-10-24(37-25-11-13-38(5)17-23(25)30)22(21)14-20(36-26)8-7-12-34-27(40)19-15-35-39(16-19)28(2,3)4/h6,9-10,14-16,23,25,37H,1,7-8,11-13,17H2,2-5H3,(H,34,40)/t23-,25+/m0/s1. The minimum atomic E-state index is -4.66. The maximum absolute atomic E-state index is 14.8. The van der Waals surface area contributed by atoms with Crippen molar-refractivity contribution in [1.82, 2.24) is 25.0 Å². The summed E-state index contributed by atoms with van der Waals surface area (Å²) in [5, 5.41) is 11.1. The van der Waals surface area contributed by atoms with Crippen LogP contribution in [0.25, 0.3) is 16.3 Å². The third-order valence-corrected chi connectivity index (χ3v) is 7.07. The number of hydrogen-bond donors (Lipinski definition) is 2. The number of allylic oxidation sites excluding steroid dienone is 1. The van der Waals surface area contributed by atoms with E-state index in [1.807, 2.05) is 32.7 Å². The molecule has 3 aromatic rings. The Labute approximate surface area is 231 Å². The molecule has 2 aromatic heterocycles. The van der Waals surface area contributed by atoms with Crippen LogP contribution in [0.2, 0.25) is 0 Å². The highest BCUT2D eigenvalue weighted by Gasteiger charge is 2.35. The van der Waals surface area contributed by atoms with Crippen molar-refractivity contribution in [2.45, 2.75) is 64.0 Å². The molecule has 11 heteroatoms. The van der Waals surface area contributed by atoms with Crippen LogP contribution in [0.1, 0.15) is 55.4 Å². The number of aryl methyl sites for hydroxylation is 1. The average Bonchev–Trinajstić information content (AvgIpc) is 3.38. The Bertz CT molecular complexity index is 1380. The van der Waals surface area contributed by atoms with Crippen LogP contribution in [0.5, 0.6) is 0 Å². The number of anilines is 1. The van der Waals surface area contributed by atoms with E-state index in [0.717, 1.165) is 0 Å². The van der Waals surface area contributed by atoms with Gasteiger partial charge < -0.3 is 15.5 Å². The molecule has 1 aliphatic rings. The van der Waals surface area contributed by atoms with E-state index < -0.39 is 24.0 Å². The van der Waals surface area contributed by atoms with Crippen molar-refractivity contribution in [2.75, 3.05) is 32.0 Å². The average molecular weight is 561 g/mol. The van der Waals surface area contributed by atoms with Crippen LogP contribution in [0, 0.1) is 0 Å². The smallest absolute Gasteiger partial charge is 0.379 e. The molecule has 0 radical (unpaired) electrons. The second kappa shape index (κ2) is 11.6. The molecule has 0 unspecified atom stereocenters. The van der Waals surface area contributed by atoms with Crippen molar-refractivity contribution in [2.24, 2.45) is 0 Å². The first-order valence-electron chi connectivity index (χ1n) is 13.4. The maximum Gasteiger partial charge on any atom is 0.417 e. The molecule has 216 valence electrons. The van der Waals surface area contributed by atoms with Crippen LogP contribution in [0.4, 0.5) is 23.2 Å². The van der Waals surface area contributed by atoms with Crippen LogP contribution in [-0.4, -0.2) is 70.6 Å². The van der Waals surface area contributed by atoms with Gasteiger partial charge in [-0.25, -0.2) is 4.39 Å². The highest BCUT2D eigenvalue weighted by Crippen LogP contribution is 2.37. The number of carbonyl (C=O) groups is 1. The van der Waals surface area contributed by atoms with Gasteiger partial charge in [-0.1, -0.05) is 18.7 Å². The number of halogens is 4. The molecule has 4 rings (SSSR count). The van der Waals surface area contributed by atoms with Crippen molar-refractivity contribution in [3.63, 3.8) is 0 Å². The lowest BCUT2D eigenvalue weighted by atomic mass is 9.99. The van der Waals surface area contributed by atoms with Crippen molar-refractivity contribution in [1.29, 1.82) is 0 Å². The number of aromatic nitrogens is 3. The van der Waals surface area contributed by atoms with Gasteiger partial charge >= 0.3 is 6.18 Å². The van der Waals surface area contributed by atoms with Gasteiger partial charge in [-0.15, -0.1) is 0 Å². The molecule has 1 saturated heterocycles. The summed E-state index contributed by atoms with van der Waals surface area (Å²) in [5.41, 5.74) is -0.134. The molecular formula is C29H36F4N6O. The van der Waals surface area contributed by atoms with Crippen LogP contribution >= 0.6 is 0 Å². The van der Waals surface area contributed by atoms with Gasteiger partial charge in [-0.2, -0.15) is 18.3 Å². The molecule has 0 aliphatic carbocycles. The highest BCUT2D eigenvalue weighted by molar-refractivity contribution is 6.00. The number of nitrogens with one attached hydrogen (secondary N) is 2. The van der Waals surface area contributed by atoms with E-state index in [1.54, 1.807) is 35.1 Å². The van der Waals surface area contributed by atoms with Crippen molar-refractivity contribution in [3.05, 3.63) is 60.2 Å². The molecule has 0 bridgehead atoms. The SMILES string of the molecule is C=C(c1nc(CCCNC(=O)c2cnn(C(C)(C)C)c2)cc2c(N[C@@H]3CCN(C)C[C@@H]3F)cccc12)C(F)(F)F. The van der Waals surface area contributed by atoms with E-state index in [-0.39, 0.29) is 23.7 Å². The first-order chi connectivity index (χ1) is 18.7. The van der Waals surface area contributed by atoms with Gasteiger partial charge in [0.15, 0.2) is 0 Å². The third-order valence-electron chi connectivity index (χ3n) is 7.07. The second-order valence-corrected chi connectivity index (χ2v) is 11.4. The number of hydrogen-bond acceptors (Lipinski definition) is 5. The lowest BCUT2D eigenvalue weighted by molar-refractivity contribution is -0.0688. The monoisotopic (exact) mass is 560 g/mol. The number of likely N-dealkylation sites (tertiary alicyclic amines) is 1. The zero-order valence-corrected chi connectivity index (χ0v) is 23.3. The van der Waals surface area contributed by atoms with Crippen LogP contribution in [-0.2, 0) is 12.0 Å². The van der Waals surface area contributed by atoms with Crippen LogP contribution < -0.4 is 10.6 Å². The van der Waals surface area contributed by atoms with E-state index in [0.29, 0.717) is 60.1 Å². The summed E-state index contributed by atoms with van der Waals surface area (Å²) in [7, 11) is 1.86. The number of alkyl halides is 4. The van der Waals surface area contributed by atoms with Gasteiger partial charge in [-0.05, 0) is 59.2 Å². The molecule has 0 saturated carbocycles. The Balaban J connectivity index is 1.54. The first kappa shape index (κ1) is 29.5. The molecule has 1 fully saturated rings. The quantitative estimate of drug-likeness (QED) is 0.278. The largest absolute Gasteiger partial charge is 0.417 e. The Kier molecular flexibility index (Phi) is 8.53. The zero-order valence-electron chi connectivity index (χ0n) is 23.3. The van der Waals surface area contributed by atoms with Gasteiger partial charge in [-0.3, -0.25) is 14.5 Å². The molecule has 7 nitrogen and oxygen atoms in total. The number of amides is 1. The zero-order chi connectivity index (χ0) is 29.2. The molecule has 3 heterocycles. The van der Waals surface area contributed by atoms with Gasteiger partial charge in [0, 0.05) is 48.0 Å². The molecule has 40 heavy (non-hydrogen) atoms. The Morgan fingerprint density at radius 2 is 1.95 bits per heavy atom. The van der Waals surface area contributed by atoms with E-state index in [9.17, 15) is 22.4 Å². The minimum Gasteiger partial charge on any atom is -0.379 e. The van der Waals surface area contributed by atoms with Gasteiger partial charge in [0.1, 0.15) is 6.17 Å². The molecule has 1 aliphatic heterocycles. The summed E-state index contributed by atoms with van der Waals surface area (Å²) in [6.45, 7) is 10.5. The van der Waals surface area contributed by atoms with Gasteiger partial charge in [0.2, 0.25) is 0 Å². The van der Waals surface area contributed by atoms with Crippen LogP contribution in [0.3, 0.4) is 0 Å². The van der Waals surface area contributed by atoms with Gasteiger partial charge in [0.05, 0.1) is 34.6 Å². The maximum atomic E-state index is 14.8. The summed E-state index contributed by atoms with van der Waals surface area (Å²) < 4.78 is 57.6. The number of fused-ring (bicyclic) bond motifs is 1. The third kappa shape index (κ3) is 6.80. The normalized spacial score (nSPS) is 18.6. The topological polar surface area (TPSA) is 75.1 Å². The molecule has 1 aromatic carbocycles. The molecule has 0 spiro atoms. The first-order valence-corrected chi connectivity index (χ1v) is 13.4. The van der Waals surface area contributed by atoms with Crippen molar-refractivity contribution in [3.8, 4) is 0 Å². The molecule has 1 amide bonds. The lowest BCUT2D eigenvalue weighted by Crippen LogP contribution is -2.46. The predicted octanol–water partition coefficient (Wildman–Crippen LogP) is 5.58. The minimum absolute atomic E-state index is 0.248.